The molecule has 110 valence electrons. The number of hydrogen-bond acceptors (Lipinski definition) is 4. The molecular formula is C15H10FN3O3. The third kappa shape index (κ3) is 2.78. The zero-order chi connectivity index (χ0) is 15.5. The van der Waals surface area contributed by atoms with Crippen LogP contribution < -0.4 is 10.9 Å². The van der Waals surface area contributed by atoms with Gasteiger partial charge in [0.1, 0.15) is 11.5 Å². The zero-order valence-corrected chi connectivity index (χ0v) is 11.2. The quantitative estimate of drug-likeness (QED) is 0.777. The smallest absolute Gasteiger partial charge is 0.259 e. The van der Waals surface area contributed by atoms with Gasteiger partial charge in [-0.2, -0.15) is 0 Å². The van der Waals surface area contributed by atoms with E-state index in [0.29, 0.717) is 0 Å². The molecule has 0 spiro atoms. The molecule has 22 heavy (non-hydrogen) atoms. The van der Waals surface area contributed by atoms with Crippen molar-refractivity contribution in [2.45, 2.75) is 0 Å². The van der Waals surface area contributed by atoms with E-state index >= 15 is 0 Å². The number of benzene rings is 1. The van der Waals surface area contributed by atoms with Crippen LogP contribution in [0.3, 0.4) is 0 Å². The summed E-state index contributed by atoms with van der Waals surface area (Å²) in [6.45, 7) is 0. The lowest BCUT2D eigenvalue weighted by molar-refractivity contribution is 0.102. The van der Waals surface area contributed by atoms with Crippen molar-refractivity contribution in [3.05, 3.63) is 70.4 Å². The molecule has 0 bridgehead atoms. The molecule has 0 unspecified atom stereocenters. The number of anilines is 1. The van der Waals surface area contributed by atoms with Crippen LogP contribution in [0.5, 0.6) is 0 Å². The van der Waals surface area contributed by atoms with Crippen molar-refractivity contribution in [1.82, 2.24) is 10.1 Å². The van der Waals surface area contributed by atoms with Crippen LogP contribution in [-0.4, -0.2) is 16.0 Å². The minimum Gasteiger partial charge on any atom is -0.338 e. The second kappa shape index (κ2) is 5.65. The summed E-state index contributed by atoms with van der Waals surface area (Å²) in [4.78, 5) is 25.3. The number of aromatic nitrogens is 2. The summed E-state index contributed by atoms with van der Waals surface area (Å²) in [5, 5.41) is 6.20. The number of amides is 1. The molecule has 0 fully saturated rings. The van der Waals surface area contributed by atoms with E-state index in [2.05, 4.69) is 15.5 Å². The second-order valence-electron chi connectivity index (χ2n) is 4.45. The Morgan fingerprint density at radius 1 is 1.23 bits per heavy atom. The van der Waals surface area contributed by atoms with Crippen LogP contribution in [0.25, 0.3) is 11.3 Å². The molecule has 2 aromatic heterocycles. The topological polar surface area (TPSA) is 88.0 Å². The van der Waals surface area contributed by atoms with Crippen molar-refractivity contribution in [3.8, 4) is 11.3 Å². The molecule has 2 N–H and O–H groups in total. The number of rotatable bonds is 3. The number of H-pyrrole nitrogens is 1. The summed E-state index contributed by atoms with van der Waals surface area (Å²) in [5.41, 5.74) is 0.493. The predicted octanol–water partition coefficient (Wildman–Crippen LogP) is 2.42. The summed E-state index contributed by atoms with van der Waals surface area (Å²) in [6.07, 6.45) is 1.28. The first-order chi connectivity index (χ1) is 10.6. The van der Waals surface area contributed by atoms with Crippen molar-refractivity contribution in [2.24, 2.45) is 0 Å². The third-order valence-corrected chi connectivity index (χ3v) is 2.94. The van der Waals surface area contributed by atoms with Gasteiger partial charge in [-0.15, -0.1) is 0 Å². The minimum absolute atomic E-state index is 0.0782. The highest BCUT2D eigenvalue weighted by atomic mass is 19.1. The van der Waals surface area contributed by atoms with Gasteiger partial charge in [0.15, 0.2) is 0 Å². The molecule has 1 amide bonds. The fourth-order valence-electron chi connectivity index (χ4n) is 1.87. The molecule has 0 aliphatic rings. The number of carbonyl (C=O) groups excluding carboxylic acids is 1. The Morgan fingerprint density at radius 2 is 2.05 bits per heavy atom. The molecular weight excluding hydrogens is 289 g/mol. The molecule has 3 aromatic rings. The van der Waals surface area contributed by atoms with E-state index in [1.807, 2.05) is 0 Å². The number of aromatic amines is 1. The molecule has 0 saturated carbocycles. The molecule has 0 aliphatic carbocycles. The highest BCUT2D eigenvalue weighted by molar-refractivity contribution is 6.03. The van der Waals surface area contributed by atoms with Crippen molar-refractivity contribution in [1.29, 1.82) is 0 Å². The molecule has 0 saturated heterocycles. The van der Waals surface area contributed by atoms with Gasteiger partial charge in [0, 0.05) is 23.9 Å². The Bertz CT molecular complexity index is 865. The third-order valence-electron chi connectivity index (χ3n) is 2.94. The average molecular weight is 299 g/mol. The normalized spacial score (nSPS) is 10.4. The van der Waals surface area contributed by atoms with Gasteiger partial charge in [0.25, 0.3) is 5.91 Å². The lowest BCUT2D eigenvalue weighted by Crippen LogP contribution is -2.14. The van der Waals surface area contributed by atoms with Crippen LogP contribution in [0.4, 0.5) is 10.3 Å². The highest BCUT2D eigenvalue weighted by Crippen LogP contribution is 2.24. The van der Waals surface area contributed by atoms with E-state index in [1.165, 1.54) is 30.5 Å². The molecule has 0 atom stereocenters. The summed E-state index contributed by atoms with van der Waals surface area (Å²) in [6, 6.07) is 10.1. The second-order valence-corrected chi connectivity index (χ2v) is 4.45. The first-order valence-corrected chi connectivity index (χ1v) is 6.35. The van der Waals surface area contributed by atoms with Gasteiger partial charge in [0.2, 0.25) is 11.4 Å². The Labute approximate surface area is 123 Å². The van der Waals surface area contributed by atoms with Crippen LogP contribution in [-0.2, 0) is 0 Å². The summed E-state index contributed by atoms with van der Waals surface area (Å²) in [5.74, 6) is -0.837. The largest absolute Gasteiger partial charge is 0.338 e. The van der Waals surface area contributed by atoms with E-state index in [9.17, 15) is 14.0 Å². The van der Waals surface area contributed by atoms with E-state index in [-0.39, 0.29) is 28.3 Å². The number of hydrogen-bond donors (Lipinski definition) is 2. The fraction of sp³-hybridized carbons (Fsp3) is 0. The Hall–Kier alpha value is -3.22. The van der Waals surface area contributed by atoms with Gasteiger partial charge in [-0.1, -0.05) is 17.3 Å². The molecule has 0 aliphatic heterocycles. The van der Waals surface area contributed by atoms with E-state index < -0.39 is 11.7 Å². The molecule has 6 nitrogen and oxygen atoms in total. The van der Waals surface area contributed by atoms with Crippen LogP contribution in [0, 0.1) is 5.82 Å². The minimum atomic E-state index is -0.479. The van der Waals surface area contributed by atoms with Gasteiger partial charge >= 0.3 is 0 Å². The molecule has 0 radical (unpaired) electrons. The summed E-state index contributed by atoms with van der Waals surface area (Å²) in [7, 11) is 0. The van der Waals surface area contributed by atoms with Gasteiger partial charge in [-0.05, 0) is 18.2 Å². The van der Waals surface area contributed by atoms with Gasteiger partial charge < -0.3 is 9.51 Å². The molecule has 7 heteroatoms. The lowest BCUT2D eigenvalue weighted by Gasteiger charge is -1.99. The van der Waals surface area contributed by atoms with Gasteiger partial charge in [0.05, 0.1) is 5.56 Å². The molecule has 1 aromatic carbocycles. The Morgan fingerprint density at radius 3 is 2.77 bits per heavy atom. The first-order valence-electron chi connectivity index (χ1n) is 6.35. The van der Waals surface area contributed by atoms with E-state index in [0.717, 1.165) is 0 Å². The SMILES string of the molecule is O=C(Nc1cc(-c2ccccc2F)no1)c1ccc(=O)[nH]c1. The van der Waals surface area contributed by atoms with Crippen LogP contribution in [0.1, 0.15) is 10.4 Å². The van der Waals surface area contributed by atoms with Crippen molar-refractivity contribution < 1.29 is 13.7 Å². The van der Waals surface area contributed by atoms with Crippen LogP contribution >= 0.6 is 0 Å². The lowest BCUT2D eigenvalue weighted by atomic mass is 10.1. The Balaban J connectivity index is 1.80. The van der Waals surface area contributed by atoms with Gasteiger partial charge in [-0.3, -0.25) is 14.9 Å². The van der Waals surface area contributed by atoms with Gasteiger partial charge in [-0.25, -0.2) is 4.39 Å². The predicted molar refractivity (Wildman–Crippen MR) is 76.9 cm³/mol. The number of pyridine rings is 1. The standard InChI is InChI=1S/C15H10FN3O3/c16-11-4-2-1-3-10(11)12-7-14(22-19-12)18-15(21)9-5-6-13(20)17-8-9/h1-8H,(H,17,20)(H,18,21). The number of nitrogens with one attached hydrogen (secondary N) is 2. The van der Waals surface area contributed by atoms with Crippen molar-refractivity contribution >= 4 is 11.8 Å². The average Bonchev–Trinajstić information content (AvgIpc) is 2.96. The summed E-state index contributed by atoms with van der Waals surface area (Å²) < 4.78 is 18.6. The maximum atomic E-state index is 13.6. The Kier molecular flexibility index (Phi) is 3.53. The highest BCUT2D eigenvalue weighted by Gasteiger charge is 2.13. The molecule has 3 rings (SSSR count). The van der Waals surface area contributed by atoms with Crippen LogP contribution in [0.2, 0.25) is 0 Å². The fourth-order valence-corrected chi connectivity index (χ4v) is 1.87. The maximum Gasteiger partial charge on any atom is 0.259 e. The van der Waals surface area contributed by atoms with Crippen molar-refractivity contribution in [3.63, 3.8) is 0 Å². The number of carbonyl (C=O) groups is 1. The monoisotopic (exact) mass is 299 g/mol. The van der Waals surface area contributed by atoms with Crippen molar-refractivity contribution in [2.75, 3.05) is 5.32 Å². The summed E-state index contributed by atoms with van der Waals surface area (Å²) >= 11 is 0. The van der Waals surface area contributed by atoms with E-state index in [1.54, 1.807) is 18.2 Å². The molecule has 2 heterocycles. The maximum absolute atomic E-state index is 13.6. The first kappa shape index (κ1) is 13.7. The van der Waals surface area contributed by atoms with Crippen LogP contribution in [0.15, 0.2) is 58.0 Å². The zero-order valence-electron chi connectivity index (χ0n) is 11.2. The van der Waals surface area contributed by atoms with E-state index in [4.69, 9.17) is 4.52 Å². The number of nitrogens with zero attached hydrogens (tertiary/aromatic N) is 1. The number of halogens is 1.